The van der Waals surface area contributed by atoms with E-state index in [1.165, 1.54) is 6.92 Å². The molecule has 0 saturated carbocycles. The van der Waals surface area contributed by atoms with E-state index in [9.17, 15) is 14.0 Å². The molecule has 130 valence electrons. The monoisotopic (exact) mass is 354 g/mol. The maximum absolute atomic E-state index is 14.0. The molecule has 0 saturated heterocycles. The smallest absolute Gasteiger partial charge is 0.211 e. The molecule has 2 aromatic rings. The first-order chi connectivity index (χ1) is 12.4. The summed E-state index contributed by atoms with van der Waals surface area (Å²) in [5.41, 5.74) is 12.3. The van der Waals surface area contributed by atoms with Gasteiger partial charge in [-0.3, -0.25) is 5.32 Å². The number of rotatable bonds is 1. The minimum atomic E-state index is -0.993. The van der Waals surface area contributed by atoms with Crippen LogP contribution < -0.4 is 22.1 Å². The van der Waals surface area contributed by atoms with Gasteiger partial charge in [0, 0.05) is 11.6 Å². The number of nitrogen functional groups attached to an aromatic ring is 2. The van der Waals surface area contributed by atoms with Gasteiger partial charge in [-0.05, 0) is 24.1 Å². The maximum atomic E-state index is 14.0. The second-order valence-electron chi connectivity index (χ2n) is 5.50. The molecule has 0 spiro atoms. The van der Waals surface area contributed by atoms with Crippen LogP contribution in [0.25, 0.3) is 0 Å². The molecule has 0 bridgehead atoms. The quantitative estimate of drug-likeness (QED) is 0.449. The van der Waals surface area contributed by atoms with Crippen LogP contribution in [0.5, 0.6) is 0 Å². The zero-order valence-corrected chi connectivity index (χ0v) is 13.4. The molecule has 10 heteroatoms. The Morgan fingerprint density at radius 3 is 2.65 bits per heavy atom. The largest absolute Gasteiger partial charge is 0.397 e. The number of nitrogens with zero attached hydrogens (tertiary/aromatic N) is 4. The van der Waals surface area contributed by atoms with Crippen LogP contribution in [-0.2, 0) is 0 Å². The van der Waals surface area contributed by atoms with Crippen molar-refractivity contribution in [2.75, 3.05) is 16.8 Å². The van der Waals surface area contributed by atoms with Crippen molar-refractivity contribution in [2.24, 2.45) is 4.99 Å². The van der Waals surface area contributed by atoms with Crippen molar-refractivity contribution in [3.8, 4) is 12.3 Å². The summed E-state index contributed by atoms with van der Waals surface area (Å²) in [6, 6.07) is 2.73. The van der Waals surface area contributed by atoms with E-state index >= 15 is 0 Å². The van der Waals surface area contributed by atoms with Crippen molar-refractivity contribution in [2.45, 2.75) is 13.0 Å². The average molecular weight is 354 g/mol. The first-order valence-electron chi connectivity index (χ1n) is 7.31. The minimum Gasteiger partial charge on any atom is -0.397 e. The molecule has 0 aliphatic carbocycles. The number of anilines is 3. The minimum absolute atomic E-state index is 0.00340. The lowest BCUT2D eigenvalue weighted by Crippen LogP contribution is -2.33. The predicted molar refractivity (Wildman–Crippen MR) is 90.5 cm³/mol. The average Bonchev–Trinajstić information content (AvgIpc) is 2.58. The van der Waals surface area contributed by atoms with Crippen LogP contribution in [0.3, 0.4) is 0 Å². The molecule has 6 N–H and O–H groups in total. The highest BCUT2D eigenvalue weighted by molar-refractivity contribution is 5.98. The van der Waals surface area contributed by atoms with Crippen LogP contribution in [0.4, 0.5) is 26.1 Å². The highest BCUT2D eigenvalue weighted by Gasteiger charge is 2.31. The zero-order valence-electron chi connectivity index (χ0n) is 13.4. The lowest BCUT2D eigenvalue weighted by Gasteiger charge is -2.27. The number of nitrogens with two attached hydrogens (primary N) is 2. The summed E-state index contributed by atoms with van der Waals surface area (Å²) in [4.78, 5) is 8.33. The van der Waals surface area contributed by atoms with Gasteiger partial charge in [0.2, 0.25) is 5.96 Å². The van der Waals surface area contributed by atoms with Crippen LogP contribution in [0, 0.1) is 41.3 Å². The SMILES string of the molecule is Cc1c(F)cc(F)cc1C1N=C(NC#N)Nc2nc(N)c(C#N)c(N)c21. The van der Waals surface area contributed by atoms with E-state index in [-0.39, 0.29) is 45.5 Å². The molecule has 1 aromatic heterocycles. The lowest BCUT2D eigenvalue weighted by molar-refractivity contribution is 0.570. The summed E-state index contributed by atoms with van der Waals surface area (Å²) in [6.07, 6.45) is 1.70. The van der Waals surface area contributed by atoms with Gasteiger partial charge in [0.1, 0.15) is 40.9 Å². The van der Waals surface area contributed by atoms with Crippen molar-refractivity contribution in [1.29, 1.82) is 10.5 Å². The van der Waals surface area contributed by atoms with Crippen LogP contribution >= 0.6 is 0 Å². The zero-order chi connectivity index (χ0) is 19.0. The van der Waals surface area contributed by atoms with E-state index in [0.29, 0.717) is 0 Å². The Morgan fingerprint density at radius 2 is 2.00 bits per heavy atom. The Kier molecular flexibility index (Phi) is 4.02. The molecule has 1 unspecified atom stereocenters. The fraction of sp³-hybridized carbons (Fsp3) is 0.125. The third kappa shape index (κ3) is 2.59. The topological polar surface area (TPSA) is 149 Å². The molecular weight excluding hydrogens is 342 g/mol. The summed E-state index contributed by atoms with van der Waals surface area (Å²) in [7, 11) is 0. The summed E-state index contributed by atoms with van der Waals surface area (Å²) in [6.45, 7) is 1.46. The van der Waals surface area contributed by atoms with Crippen molar-refractivity contribution in [1.82, 2.24) is 10.3 Å². The number of benzene rings is 1. The van der Waals surface area contributed by atoms with Crippen LogP contribution in [-0.4, -0.2) is 10.9 Å². The van der Waals surface area contributed by atoms with Gasteiger partial charge in [0.25, 0.3) is 0 Å². The third-order valence-electron chi connectivity index (χ3n) is 4.00. The van der Waals surface area contributed by atoms with E-state index in [1.54, 1.807) is 6.19 Å². The van der Waals surface area contributed by atoms with Gasteiger partial charge in [-0.2, -0.15) is 10.5 Å². The van der Waals surface area contributed by atoms with Crippen LogP contribution in [0.1, 0.15) is 28.3 Å². The molecule has 0 radical (unpaired) electrons. The van der Waals surface area contributed by atoms with E-state index in [0.717, 1.165) is 12.1 Å². The van der Waals surface area contributed by atoms with Gasteiger partial charge in [-0.1, -0.05) is 0 Å². The maximum Gasteiger partial charge on any atom is 0.211 e. The second kappa shape index (κ2) is 6.18. The van der Waals surface area contributed by atoms with Crippen molar-refractivity contribution < 1.29 is 8.78 Å². The van der Waals surface area contributed by atoms with Gasteiger partial charge < -0.3 is 16.8 Å². The third-order valence-corrected chi connectivity index (χ3v) is 4.00. The highest BCUT2D eigenvalue weighted by Crippen LogP contribution is 2.41. The van der Waals surface area contributed by atoms with Crippen molar-refractivity contribution in [3.63, 3.8) is 0 Å². The van der Waals surface area contributed by atoms with Crippen molar-refractivity contribution >= 4 is 23.3 Å². The number of aliphatic imine (C=N–C) groups is 1. The van der Waals surface area contributed by atoms with Gasteiger partial charge in [0.15, 0.2) is 6.19 Å². The number of pyridine rings is 1. The second-order valence-corrected chi connectivity index (χ2v) is 5.50. The molecule has 26 heavy (non-hydrogen) atoms. The summed E-state index contributed by atoms with van der Waals surface area (Å²) < 4.78 is 27.8. The van der Waals surface area contributed by atoms with Gasteiger partial charge >= 0.3 is 0 Å². The Morgan fingerprint density at radius 1 is 1.27 bits per heavy atom. The van der Waals surface area contributed by atoms with E-state index in [1.807, 2.05) is 6.07 Å². The summed E-state index contributed by atoms with van der Waals surface area (Å²) >= 11 is 0. The Labute approximate surface area is 146 Å². The van der Waals surface area contributed by atoms with Gasteiger partial charge in [-0.15, -0.1) is 0 Å². The normalized spacial score (nSPS) is 15.1. The Balaban J connectivity index is 2.32. The number of nitriles is 2. The molecule has 1 atom stereocenters. The molecular formula is C16H12F2N8. The predicted octanol–water partition coefficient (Wildman–Crippen LogP) is 1.65. The molecule has 2 heterocycles. The highest BCUT2D eigenvalue weighted by atomic mass is 19.1. The van der Waals surface area contributed by atoms with E-state index in [4.69, 9.17) is 16.7 Å². The summed E-state index contributed by atoms with van der Waals surface area (Å²) in [5, 5.41) is 23.1. The molecule has 1 aromatic carbocycles. The van der Waals surface area contributed by atoms with Crippen molar-refractivity contribution in [3.05, 3.63) is 46.0 Å². The molecule has 1 aliphatic rings. The van der Waals surface area contributed by atoms with Gasteiger partial charge in [0.05, 0.1) is 5.69 Å². The fourth-order valence-electron chi connectivity index (χ4n) is 2.76. The molecule has 0 fully saturated rings. The number of hydrogen-bond acceptors (Lipinski definition) is 8. The van der Waals surface area contributed by atoms with Crippen LogP contribution in [0.2, 0.25) is 0 Å². The fourth-order valence-corrected chi connectivity index (χ4v) is 2.76. The number of aromatic nitrogens is 1. The number of hydrogen-bond donors (Lipinski definition) is 4. The van der Waals surface area contributed by atoms with Crippen LogP contribution in [0.15, 0.2) is 17.1 Å². The Bertz CT molecular complexity index is 1030. The molecule has 3 rings (SSSR count). The van der Waals surface area contributed by atoms with Gasteiger partial charge in [-0.25, -0.2) is 18.8 Å². The number of nitrogens with one attached hydrogen (secondary N) is 2. The standard InChI is InChI=1S/C16H12F2N8/c1-6-8(2-7(17)3-10(6)18)13-11-12(21)9(4-19)14(22)25-15(11)26-16(24-13)23-5-20/h2-3,13H,1H3,(H6,21,22,23,24,25,26). The lowest BCUT2D eigenvalue weighted by atomic mass is 9.92. The molecule has 0 amide bonds. The molecule has 1 aliphatic heterocycles. The van der Waals surface area contributed by atoms with E-state index in [2.05, 4.69) is 20.6 Å². The number of guanidine groups is 1. The number of halogens is 2. The molecule has 8 nitrogen and oxygen atoms in total. The first-order valence-corrected chi connectivity index (χ1v) is 7.31. The van der Waals surface area contributed by atoms with E-state index < -0.39 is 17.7 Å². The Hall–Kier alpha value is -3.92. The first kappa shape index (κ1) is 16.9. The number of fused-ring (bicyclic) bond motifs is 1. The summed E-state index contributed by atoms with van der Waals surface area (Å²) in [5.74, 6) is -1.52.